The van der Waals surface area contributed by atoms with Gasteiger partial charge in [-0.3, -0.25) is 0 Å². The molecule has 0 radical (unpaired) electrons. The van der Waals surface area contributed by atoms with Crippen LogP contribution in [0.1, 0.15) is 27.7 Å². The van der Waals surface area contributed by atoms with E-state index >= 15 is 0 Å². The van der Waals surface area contributed by atoms with Crippen LogP contribution >= 0.6 is 0 Å². The van der Waals surface area contributed by atoms with Gasteiger partial charge >= 0.3 is 0 Å². The van der Waals surface area contributed by atoms with Gasteiger partial charge in [0.15, 0.2) is 0 Å². The smallest absolute Gasteiger partial charge is 0.136 e. The summed E-state index contributed by atoms with van der Waals surface area (Å²) in [5.41, 5.74) is 7.35. The molecule has 0 saturated heterocycles. The third-order valence-electron chi connectivity index (χ3n) is 3.27. The summed E-state index contributed by atoms with van der Waals surface area (Å²) in [6, 6.07) is 0.437. The maximum Gasteiger partial charge on any atom is 0.136 e. The zero-order valence-electron chi connectivity index (χ0n) is 10.4. The zero-order valence-corrected chi connectivity index (χ0v) is 10.4. The molecule has 0 amide bonds. The summed E-state index contributed by atoms with van der Waals surface area (Å²) >= 11 is 0. The van der Waals surface area contributed by atoms with Gasteiger partial charge in [-0.2, -0.15) is 0 Å². The number of fused-ring (bicyclic) bond motifs is 1. The van der Waals surface area contributed by atoms with E-state index in [0.717, 1.165) is 0 Å². The van der Waals surface area contributed by atoms with E-state index in [1.165, 1.54) is 5.57 Å². The Morgan fingerprint density at radius 2 is 2.00 bits per heavy atom. The molecule has 2 N–H and O–H groups in total. The van der Waals surface area contributed by atoms with Crippen LogP contribution in [-0.4, -0.2) is 29.3 Å². The predicted molar refractivity (Wildman–Crippen MR) is 67.3 cm³/mol. The molecule has 4 nitrogen and oxygen atoms in total. The molecule has 0 aromatic rings. The van der Waals surface area contributed by atoms with Gasteiger partial charge in [0.2, 0.25) is 0 Å². The molecule has 0 aliphatic carbocycles. The van der Waals surface area contributed by atoms with Gasteiger partial charge in [0.25, 0.3) is 0 Å². The van der Waals surface area contributed by atoms with E-state index in [1.807, 2.05) is 0 Å². The quantitative estimate of drug-likeness (QED) is 0.768. The number of rotatable bonds is 2. The molecule has 4 heteroatoms. The fraction of sp³-hybridized carbons (Fsp3) is 0.667. The number of nitrogens with two attached hydrogens (primary N) is 1. The van der Waals surface area contributed by atoms with E-state index in [9.17, 15) is 0 Å². The Labute approximate surface area is 96.9 Å². The molecule has 0 saturated carbocycles. The van der Waals surface area contributed by atoms with Crippen molar-refractivity contribution in [1.82, 2.24) is 4.90 Å². The van der Waals surface area contributed by atoms with Crippen molar-refractivity contribution >= 4 is 12.2 Å². The zero-order chi connectivity index (χ0) is 11.9. The molecule has 0 aromatic carbocycles. The lowest BCUT2D eigenvalue weighted by Gasteiger charge is -2.31. The van der Waals surface area contributed by atoms with E-state index in [2.05, 4.69) is 48.8 Å². The van der Waals surface area contributed by atoms with Crippen LogP contribution in [0, 0.1) is 11.8 Å². The molecule has 88 valence electrons. The molecule has 2 atom stereocenters. The summed E-state index contributed by atoms with van der Waals surface area (Å²) in [5, 5.41) is 0. The molecule has 0 spiro atoms. The number of hydrogen-bond acceptors (Lipinski definition) is 4. The lowest BCUT2D eigenvalue weighted by atomic mass is 9.89. The lowest BCUT2D eigenvalue weighted by Crippen LogP contribution is -2.42. The Kier molecular flexibility index (Phi) is 2.74. The van der Waals surface area contributed by atoms with Gasteiger partial charge in [-0.1, -0.05) is 13.8 Å². The predicted octanol–water partition coefficient (Wildman–Crippen LogP) is 1.59. The number of aliphatic imine (C=N–C) groups is 2. The minimum atomic E-state index is 0.120. The van der Waals surface area contributed by atoms with Crippen molar-refractivity contribution in [1.29, 1.82) is 0 Å². The van der Waals surface area contributed by atoms with Crippen molar-refractivity contribution < 1.29 is 0 Å². The van der Waals surface area contributed by atoms with Crippen LogP contribution in [-0.2, 0) is 0 Å². The summed E-state index contributed by atoms with van der Waals surface area (Å²) in [6.07, 6.45) is 3.92. The van der Waals surface area contributed by atoms with E-state index in [-0.39, 0.29) is 12.1 Å². The number of hydrogen-bond donors (Lipinski definition) is 1. The Balaban J connectivity index is 2.36. The van der Waals surface area contributed by atoms with E-state index in [1.54, 1.807) is 6.34 Å². The highest BCUT2D eigenvalue weighted by molar-refractivity contribution is 5.94. The maximum atomic E-state index is 6.00. The molecule has 0 aromatic heterocycles. The van der Waals surface area contributed by atoms with Crippen LogP contribution in [0.25, 0.3) is 0 Å². The van der Waals surface area contributed by atoms with Gasteiger partial charge in [-0.05, 0) is 25.3 Å². The van der Waals surface area contributed by atoms with E-state index in [4.69, 9.17) is 5.73 Å². The lowest BCUT2D eigenvalue weighted by molar-refractivity contribution is 0.236. The minimum absolute atomic E-state index is 0.120. The molecule has 16 heavy (non-hydrogen) atoms. The summed E-state index contributed by atoms with van der Waals surface area (Å²) < 4.78 is 0. The van der Waals surface area contributed by atoms with Gasteiger partial charge in [-0.25, -0.2) is 9.98 Å². The van der Waals surface area contributed by atoms with Crippen LogP contribution in [0.3, 0.4) is 0 Å². The van der Waals surface area contributed by atoms with Crippen molar-refractivity contribution in [2.75, 3.05) is 0 Å². The third kappa shape index (κ3) is 1.62. The van der Waals surface area contributed by atoms with Crippen molar-refractivity contribution in [3.8, 4) is 0 Å². The molecular formula is C12H20N4. The average molecular weight is 220 g/mol. The van der Waals surface area contributed by atoms with Crippen LogP contribution in [0.2, 0.25) is 0 Å². The van der Waals surface area contributed by atoms with E-state index in [0.29, 0.717) is 17.8 Å². The molecule has 2 aliphatic rings. The summed E-state index contributed by atoms with van der Waals surface area (Å²) in [6.45, 7) is 8.74. The molecule has 2 rings (SSSR count). The molecule has 2 heterocycles. The standard InChI is InChI=1S/C12H20N4/c1-7(2)9-5-16(8(3)4)12-10(9)11(13)14-6-15-12/h5-8,10,12H,1-4H3,(H2,13,14,15). The largest absolute Gasteiger partial charge is 0.386 e. The fourth-order valence-corrected chi connectivity index (χ4v) is 2.37. The van der Waals surface area contributed by atoms with Gasteiger partial charge in [-0.15, -0.1) is 0 Å². The summed E-state index contributed by atoms with van der Waals surface area (Å²) in [5.74, 6) is 1.36. The van der Waals surface area contributed by atoms with Crippen LogP contribution in [0.5, 0.6) is 0 Å². The fourth-order valence-electron chi connectivity index (χ4n) is 2.37. The topological polar surface area (TPSA) is 54.0 Å². The van der Waals surface area contributed by atoms with Crippen LogP contribution in [0.4, 0.5) is 0 Å². The average Bonchev–Trinajstić information content (AvgIpc) is 2.58. The van der Waals surface area contributed by atoms with Crippen molar-refractivity contribution in [3.05, 3.63) is 11.8 Å². The van der Waals surface area contributed by atoms with Crippen LogP contribution < -0.4 is 5.73 Å². The van der Waals surface area contributed by atoms with Crippen molar-refractivity contribution in [3.63, 3.8) is 0 Å². The first kappa shape index (κ1) is 11.2. The number of nitrogens with zero attached hydrogens (tertiary/aromatic N) is 3. The minimum Gasteiger partial charge on any atom is -0.386 e. The van der Waals surface area contributed by atoms with E-state index < -0.39 is 0 Å². The monoisotopic (exact) mass is 220 g/mol. The van der Waals surface area contributed by atoms with Gasteiger partial charge in [0.05, 0.1) is 5.92 Å². The molecule has 0 fully saturated rings. The van der Waals surface area contributed by atoms with Crippen LogP contribution in [0.15, 0.2) is 21.8 Å². The highest BCUT2D eigenvalue weighted by Crippen LogP contribution is 2.36. The summed E-state index contributed by atoms with van der Waals surface area (Å²) in [4.78, 5) is 10.9. The normalized spacial score (nSPS) is 28.5. The Hall–Kier alpha value is -1.32. The maximum absolute atomic E-state index is 6.00. The number of amidine groups is 1. The summed E-state index contributed by atoms with van der Waals surface area (Å²) in [7, 11) is 0. The molecular weight excluding hydrogens is 200 g/mol. The first-order chi connectivity index (χ1) is 7.52. The third-order valence-corrected chi connectivity index (χ3v) is 3.27. The Morgan fingerprint density at radius 1 is 1.31 bits per heavy atom. The van der Waals surface area contributed by atoms with Gasteiger partial charge < -0.3 is 10.6 Å². The van der Waals surface area contributed by atoms with Crippen molar-refractivity contribution in [2.24, 2.45) is 27.6 Å². The van der Waals surface area contributed by atoms with Gasteiger partial charge in [0.1, 0.15) is 18.3 Å². The first-order valence-electron chi connectivity index (χ1n) is 5.86. The molecule has 2 unspecified atom stereocenters. The van der Waals surface area contributed by atoms with Gasteiger partial charge in [0, 0.05) is 12.2 Å². The highest BCUT2D eigenvalue weighted by atomic mass is 15.3. The second kappa shape index (κ2) is 3.92. The molecule has 0 bridgehead atoms. The van der Waals surface area contributed by atoms with Crippen molar-refractivity contribution in [2.45, 2.75) is 39.9 Å². The first-order valence-corrected chi connectivity index (χ1v) is 5.86. The highest BCUT2D eigenvalue weighted by Gasteiger charge is 2.40. The molecule has 2 aliphatic heterocycles. The second-order valence-electron chi connectivity index (χ2n) is 5.03. The second-order valence-corrected chi connectivity index (χ2v) is 5.03. The Bertz CT molecular complexity index is 365. The SMILES string of the molecule is CC(C)C1=CN(C(C)C)C2N=CN=C(N)C12. The Morgan fingerprint density at radius 3 is 2.56 bits per heavy atom.